The van der Waals surface area contributed by atoms with E-state index in [9.17, 15) is 4.79 Å². The van der Waals surface area contributed by atoms with Gasteiger partial charge in [0.05, 0.1) is 6.21 Å². The molecule has 0 bridgehead atoms. The maximum absolute atomic E-state index is 12.0. The number of hydrogen-bond acceptors (Lipinski definition) is 3. The Balaban J connectivity index is 2.07. The highest BCUT2D eigenvalue weighted by molar-refractivity contribution is 9.10. The number of nitrogens with one attached hydrogen (secondary N) is 1. The molecule has 0 atom stereocenters. The summed E-state index contributed by atoms with van der Waals surface area (Å²) < 4.78 is 6.31. The zero-order valence-corrected chi connectivity index (χ0v) is 14.1. The fraction of sp³-hybridized carbons (Fsp3) is 0.111. The van der Waals surface area contributed by atoms with Gasteiger partial charge in [0, 0.05) is 15.6 Å². The van der Waals surface area contributed by atoms with Crippen LogP contribution in [0.1, 0.15) is 21.5 Å². The summed E-state index contributed by atoms with van der Waals surface area (Å²) in [6, 6.07) is 12.7. The lowest BCUT2D eigenvalue weighted by atomic mass is 10.1. The predicted octanol–water partition coefficient (Wildman–Crippen LogP) is 3.53. The minimum absolute atomic E-state index is 0.165. The first-order valence-corrected chi connectivity index (χ1v) is 7.65. The number of amides is 1. The van der Waals surface area contributed by atoms with Crippen molar-refractivity contribution >= 4 is 28.1 Å². The molecule has 2 aromatic rings. The normalized spacial score (nSPS) is 10.3. The van der Waals surface area contributed by atoms with E-state index in [4.69, 9.17) is 11.2 Å². The van der Waals surface area contributed by atoms with Crippen molar-refractivity contribution in [1.29, 1.82) is 0 Å². The van der Waals surface area contributed by atoms with Gasteiger partial charge in [0.25, 0.3) is 5.91 Å². The third-order valence-electron chi connectivity index (χ3n) is 2.97. The number of benzene rings is 2. The van der Waals surface area contributed by atoms with Gasteiger partial charge in [-0.2, -0.15) is 5.10 Å². The molecule has 0 radical (unpaired) electrons. The highest BCUT2D eigenvalue weighted by atomic mass is 79.9. The lowest BCUT2D eigenvalue weighted by Gasteiger charge is -2.06. The minimum Gasteiger partial charge on any atom is -0.480 e. The lowest BCUT2D eigenvalue weighted by molar-refractivity contribution is 0.0955. The summed E-state index contributed by atoms with van der Waals surface area (Å²) in [7, 11) is 0. The Hall–Kier alpha value is -2.58. The molecule has 0 aliphatic heterocycles. The molecule has 0 spiro atoms. The molecule has 0 saturated heterocycles. The van der Waals surface area contributed by atoms with E-state index in [1.54, 1.807) is 18.2 Å². The van der Waals surface area contributed by atoms with Gasteiger partial charge in [-0.05, 0) is 37.3 Å². The van der Waals surface area contributed by atoms with Gasteiger partial charge in [-0.15, -0.1) is 6.42 Å². The van der Waals surface area contributed by atoms with E-state index in [1.807, 2.05) is 31.2 Å². The van der Waals surface area contributed by atoms with Crippen molar-refractivity contribution in [2.24, 2.45) is 5.10 Å². The van der Waals surface area contributed by atoms with Gasteiger partial charge < -0.3 is 4.74 Å². The first-order valence-electron chi connectivity index (χ1n) is 6.86. The average Bonchev–Trinajstić information content (AvgIpc) is 2.54. The number of ether oxygens (including phenoxy) is 1. The van der Waals surface area contributed by atoms with E-state index in [0.717, 1.165) is 10.0 Å². The topological polar surface area (TPSA) is 50.7 Å². The largest absolute Gasteiger partial charge is 0.480 e. The van der Waals surface area contributed by atoms with Crippen LogP contribution in [0.4, 0.5) is 0 Å². The van der Waals surface area contributed by atoms with E-state index >= 15 is 0 Å². The molecule has 4 nitrogen and oxygen atoms in total. The summed E-state index contributed by atoms with van der Waals surface area (Å²) in [6.07, 6.45) is 6.71. The Morgan fingerprint density at radius 1 is 1.35 bits per heavy atom. The van der Waals surface area contributed by atoms with E-state index in [1.165, 1.54) is 6.21 Å². The summed E-state index contributed by atoms with van der Waals surface area (Å²) in [5.41, 5.74) is 4.84. The van der Waals surface area contributed by atoms with Crippen LogP contribution in [0.2, 0.25) is 0 Å². The molecule has 0 unspecified atom stereocenters. The zero-order chi connectivity index (χ0) is 16.7. The standard InChI is InChI=1S/C18H15BrN2O2/c1-3-10-23-17-9-8-16(19)11-15(17)12-20-21-18(22)14-6-4-13(2)5-7-14/h1,4-9,11-12H,10H2,2H3,(H,21,22). The maximum atomic E-state index is 12.0. The number of carbonyl (C=O) groups excluding carboxylic acids is 1. The van der Waals surface area contributed by atoms with Crippen LogP contribution < -0.4 is 10.2 Å². The Morgan fingerprint density at radius 3 is 2.78 bits per heavy atom. The smallest absolute Gasteiger partial charge is 0.271 e. The fourth-order valence-electron chi connectivity index (χ4n) is 1.80. The number of terminal acetylenes is 1. The van der Waals surface area contributed by atoms with Crippen molar-refractivity contribution in [3.05, 3.63) is 63.6 Å². The van der Waals surface area contributed by atoms with Crippen LogP contribution in [0.5, 0.6) is 5.75 Å². The molecule has 5 heteroatoms. The Morgan fingerprint density at radius 2 is 2.09 bits per heavy atom. The molecule has 1 amide bonds. The first-order chi connectivity index (χ1) is 11.1. The van der Waals surface area contributed by atoms with Crippen LogP contribution in [0.25, 0.3) is 0 Å². The highest BCUT2D eigenvalue weighted by Gasteiger charge is 2.05. The van der Waals surface area contributed by atoms with Gasteiger partial charge >= 0.3 is 0 Å². The molecule has 23 heavy (non-hydrogen) atoms. The molecular formula is C18H15BrN2O2. The summed E-state index contributed by atoms with van der Waals surface area (Å²) in [5, 5.41) is 3.97. The molecule has 2 aromatic carbocycles. The van der Waals surface area contributed by atoms with Gasteiger partial charge in [-0.3, -0.25) is 4.79 Å². The van der Waals surface area contributed by atoms with Crippen LogP contribution >= 0.6 is 15.9 Å². The second-order valence-electron chi connectivity index (χ2n) is 4.74. The van der Waals surface area contributed by atoms with Gasteiger partial charge in [0.1, 0.15) is 12.4 Å². The summed E-state index contributed by atoms with van der Waals surface area (Å²) in [4.78, 5) is 12.0. The molecule has 0 heterocycles. The summed E-state index contributed by atoms with van der Waals surface area (Å²) in [5.74, 6) is 2.73. The second kappa shape index (κ2) is 8.16. The minimum atomic E-state index is -0.276. The zero-order valence-electron chi connectivity index (χ0n) is 12.5. The van der Waals surface area contributed by atoms with Crippen molar-refractivity contribution in [1.82, 2.24) is 5.43 Å². The number of hydrazone groups is 1. The van der Waals surface area contributed by atoms with E-state index in [-0.39, 0.29) is 12.5 Å². The van der Waals surface area contributed by atoms with Crippen molar-refractivity contribution in [3.8, 4) is 18.1 Å². The van der Waals surface area contributed by atoms with Crippen LogP contribution in [0.15, 0.2) is 52.0 Å². The highest BCUT2D eigenvalue weighted by Crippen LogP contribution is 2.21. The monoisotopic (exact) mass is 370 g/mol. The molecule has 0 aliphatic carbocycles. The van der Waals surface area contributed by atoms with Gasteiger partial charge in [0.15, 0.2) is 0 Å². The SMILES string of the molecule is C#CCOc1ccc(Br)cc1C=NNC(=O)c1ccc(C)cc1. The number of rotatable bonds is 5. The van der Waals surface area contributed by atoms with Crippen LogP contribution in [0, 0.1) is 19.3 Å². The number of aryl methyl sites for hydroxylation is 1. The van der Waals surface area contributed by atoms with Gasteiger partial charge in [-0.1, -0.05) is 39.5 Å². The van der Waals surface area contributed by atoms with Crippen LogP contribution in [-0.4, -0.2) is 18.7 Å². The molecule has 0 aliphatic rings. The van der Waals surface area contributed by atoms with E-state index in [0.29, 0.717) is 16.9 Å². The predicted molar refractivity (Wildman–Crippen MR) is 94.7 cm³/mol. The van der Waals surface area contributed by atoms with Crippen LogP contribution in [0.3, 0.4) is 0 Å². The van der Waals surface area contributed by atoms with Crippen molar-refractivity contribution in [2.45, 2.75) is 6.92 Å². The third-order valence-corrected chi connectivity index (χ3v) is 3.46. The number of nitrogens with zero attached hydrogens (tertiary/aromatic N) is 1. The van der Waals surface area contributed by atoms with E-state index < -0.39 is 0 Å². The Labute approximate surface area is 143 Å². The number of hydrogen-bond donors (Lipinski definition) is 1. The van der Waals surface area contributed by atoms with Gasteiger partial charge in [0.2, 0.25) is 0 Å². The summed E-state index contributed by atoms with van der Waals surface area (Å²) in [6.45, 7) is 2.13. The molecular weight excluding hydrogens is 356 g/mol. The summed E-state index contributed by atoms with van der Waals surface area (Å²) >= 11 is 3.38. The molecule has 1 N–H and O–H groups in total. The second-order valence-corrected chi connectivity index (χ2v) is 5.66. The maximum Gasteiger partial charge on any atom is 0.271 e. The quantitative estimate of drug-likeness (QED) is 0.497. The Kier molecular flexibility index (Phi) is 5.95. The van der Waals surface area contributed by atoms with Crippen molar-refractivity contribution in [3.63, 3.8) is 0 Å². The first kappa shape index (κ1) is 16.8. The third kappa shape index (κ3) is 4.97. The van der Waals surface area contributed by atoms with Gasteiger partial charge in [-0.25, -0.2) is 5.43 Å². The Bertz CT molecular complexity index is 762. The fourth-order valence-corrected chi connectivity index (χ4v) is 2.18. The average molecular weight is 371 g/mol. The van der Waals surface area contributed by atoms with Crippen molar-refractivity contribution in [2.75, 3.05) is 6.61 Å². The van der Waals surface area contributed by atoms with Crippen LogP contribution in [-0.2, 0) is 0 Å². The lowest BCUT2D eigenvalue weighted by Crippen LogP contribution is -2.17. The number of halogens is 1. The molecule has 0 saturated carbocycles. The van der Waals surface area contributed by atoms with Crippen molar-refractivity contribution < 1.29 is 9.53 Å². The molecule has 116 valence electrons. The molecule has 0 aromatic heterocycles. The molecule has 2 rings (SSSR count). The molecule has 0 fully saturated rings. The number of carbonyl (C=O) groups is 1. The van der Waals surface area contributed by atoms with E-state index in [2.05, 4.69) is 32.4 Å².